The van der Waals surface area contributed by atoms with Crippen LogP contribution in [-0.2, 0) is 16.4 Å². The van der Waals surface area contributed by atoms with Crippen LogP contribution < -0.4 is 10.1 Å². The Morgan fingerprint density at radius 2 is 1.76 bits per heavy atom. The van der Waals surface area contributed by atoms with Crippen LogP contribution in [0.15, 0.2) is 71.6 Å². The minimum Gasteiger partial charge on any atom is -0.489 e. The Morgan fingerprint density at radius 1 is 1.03 bits per heavy atom. The average molecular weight is 413 g/mol. The first-order chi connectivity index (χ1) is 13.7. The number of aryl methyl sites for hydroxylation is 1. The number of hydrogen-bond donors (Lipinski definition) is 1. The zero-order valence-electron chi connectivity index (χ0n) is 16.0. The third-order valence-electron chi connectivity index (χ3n) is 4.29. The van der Waals surface area contributed by atoms with E-state index in [0.717, 1.165) is 11.8 Å². The van der Waals surface area contributed by atoms with Gasteiger partial charge in [-0.2, -0.15) is 0 Å². The highest BCUT2D eigenvalue weighted by molar-refractivity contribution is 7.90. The third-order valence-corrected chi connectivity index (χ3v) is 5.40. The molecule has 1 N–H and O–H groups in total. The molecule has 0 aliphatic rings. The number of ether oxygens (including phenoxy) is 1. The van der Waals surface area contributed by atoms with Crippen molar-refractivity contribution in [2.24, 2.45) is 0 Å². The number of anilines is 1. The van der Waals surface area contributed by atoms with Crippen LogP contribution in [-0.4, -0.2) is 20.6 Å². The summed E-state index contributed by atoms with van der Waals surface area (Å²) in [5, 5.41) is 2.76. The second-order valence-corrected chi connectivity index (χ2v) is 8.66. The van der Waals surface area contributed by atoms with Crippen molar-refractivity contribution in [1.29, 1.82) is 0 Å². The van der Waals surface area contributed by atoms with Gasteiger partial charge in [0.2, 0.25) is 0 Å². The summed E-state index contributed by atoms with van der Waals surface area (Å²) in [6, 6.07) is 17.3. The Labute approximate surface area is 169 Å². The first-order valence-electron chi connectivity index (χ1n) is 8.82. The number of hydrogen-bond acceptors (Lipinski definition) is 4. The number of carbonyl (C=O) groups excluding carboxylic acids is 1. The van der Waals surface area contributed by atoms with E-state index < -0.39 is 15.7 Å². The molecule has 150 valence electrons. The maximum Gasteiger partial charge on any atom is 0.255 e. The number of halogens is 1. The van der Waals surface area contributed by atoms with Gasteiger partial charge in [-0.05, 0) is 54.4 Å². The van der Waals surface area contributed by atoms with Crippen LogP contribution in [0, 0.1) is 12.7 Å². The number of carbonyl (C=O) groups is 1. The largest absolute Gasteiger partial charge is 0.489 e. The van der Waals surface area contributed by atoms with Crippen molar-refractivity contribution in [3.63, 3.8) is 0 Å². The SMILES string of the molecule is Cc1ccc(S(C)(=O)=O)cc1C(=O)Nc1cccc(OCc2ccc(F)cc2)c1. The fourth-order valence-electron chi connectivity index (χ4n) is 2.69. The molecule has 0 unspecified atom stereocenters. The molecule has 0 atom stereocenters. The van der Waals surface area contributed by atoms with Gasteiger partial charge in [-0.15, -0.1) is 0 Å². The smallest absolute Gasteiger partial charge is 0.255 e. The summed E-state index contributed by atoms with van der Waals surface area (Å²) in [5.74, 6) is -0.189. The monoisotopic (exact) mass is 413 g/mol. The van der Waals surface area contributed by atoms with Gasteiger partial charge in [-0.25, -0.2) is 12.8 Å². The van der Waals surface area contributed by atoms with Gasteiger partial charge in [0.1, 0.15) is 18.2 Å². The minimum atomic E-state index is -3.42. The number of sulfone groups is 1. The van der Waals surface area contributed by atoms with Gasteiger partial charge in [0, 0.05) is 23.6 Å². The summed E-state index contributed by atoms with van der Waals surface area (Å²) in [5.41, 5.74) is 2.27. The molecular formula is C22H20FNO4S. The van der Waals surface area contributed by atoms with Crippen molar-refractivity contribution in [3.8, 4) is 5.75 Å². The lowest BCUT2D eigenvalue weighted by Crippen LogP contribution is -2.14. The zero-order valence-corrected chi connectivity index (χ0v) is 16.8. The molecule has 0 radical (unpaired) electrons. The molecule has 5 nitrogen and oxygen atoms in total. The van der Waals surface area contributed by atoms with Crippen molar-refractivity contribution >= 4 is 21.4 Å². The van der Waals surface area contributed by atoms with Crippen LogP contribution in [0.2, 0.25) is 0 Å². The maximum atomic E-state index is 13.0. The molecule has 0 spiro atoms. The van der Waals surface area contributed by atoms with Crippen LogP contribution in [0.1, 0.15) is 21.5 Å². The van der Waals surface area contributed by atoms with E-state index in [0.29, 0.717) is 17.0 Å². The third kappa shape index (κ3) is 5.42. The predicted molar refractivity (Wildman–Crippen MR) is 109 cm³/mol. The van der Waals surface area contributed by atoms with Crippen LogP contribution in [0.5, 0.6) is 5.75 Å². The van der Waals surface area contributed by atoms with Gasteiger partial charge in [0.05, 0.1) is 4.90 Å². The Bertz CT molecular complexity index is 1140. The molecule has 0 heterocycles. The quantitative estimate of drug-likeness (QED) is 0.651. The highest BCUT2D eigenvalue weighted by Gasteiger charge is 2.15. The Hall–Kier alpha value is -3.19. The van der Waals surface area contributed by atoms with E-state index in [4.69, 9.17) is 4.74 Å². The van der Waals surface area contributed by atoms with E-state index in [1.54, 1.807) is 49.4 Å². The molecule has 3 aromatic carbocycles. The summed E-state index contributed by atoms with van der Waals surface area (Å²) in [4.78, 5) is 12.7. The predicted octanol–water partition coefficient (Wildman–Crippen LogP) is 4.37. The van der Waals surface area contributed by atoms with Gasteiger partial charge in [-0.1, -0.05) is 24.3 Å². The highest BCUT2D eigenvalue weighted by atomic mass is 32.2. The van der Waals surface area contributed by atoms with E-state index >= 15 is 0 Å². The standard InChI is InChI=1S/C22H20FNO4S/c1-15-6-11-20(29(2,26)27)13-21(15)22(25)24-18-4-3-5-19(12-18)28-14-16-7-9-17(23)10-8-16/h3-13H,14H2,1-2H3,(H,24,25). The number of nitrogens with one attached hydrogen (secondary N) is 1. The highest BCUT2D eigenvalue weighted by Crippen LogP contribution is 2.21. The van der Waals surface area contributed by atoms with E-state index in [1.165, 1.54) is 24.3 Å². The number of benzene rings is 3. The van der Waals surface area contributed by atoms with Crippen LogP contribution >= 0.6 is 0 Å². The first kappa shape index (κ1) is 20.5. The summed E-state index contributed by atoms with van der Waals surface area (Å²) in [7, 11) is -3.42. The van der Waals surface area contributed by atoms with E-state index in [9.17, 15) is 17.6 Å². The zero-order chi connectivity index (χ0) is 21.0. The van der Waals surface area contributed by atoms with Crippen molar-refractivity contribution < 1.29 is 22.3 Å². The van der Waals surface area contributed by atoms with E-state index in [2.05, 4.69) is 5.32 Å². The van der Waals surface area contributed by atoms with Crippen molar-refractivity contribution in [1.82, 2.24) is 0 Å². The topological polar surface area (TPSA) is 72.5 Å². The molecule has 3 aromatic rings. The summed E-state index contributed by atoms with van der Waals surface area (Å²) in [6.07, 6.45) is 1.10. The van der Waals surface area contributed by atoms with Gasteiger partial charge in [0.25, 0.3) is 5.91 Å². The van der Waals surface area contributed by atoms with Gasteiger partial charge in [-0.3, -0.25) is 4.79 Å². The molecule has 0 aromatic heterocycles. The summed E-state index contributed by atoms with van der Waals surface area (Å²) in [6.45, 7) is 2.00. The van der Waals surface area contributed by atoms with Crippen LogP contribution in [0.3, 0.4) is 0 Å². The van der Waals surface area contributed by atoms with Crippen LogP contribution in [0.4, 0.5) is 10.1 Å². The normalized spacial score (nSPS) is 11.1. The van der Waals surface area contributed by atoms with Crippen molar-refractivity contribution in [2.75, 3.05) is 11.6 Å². The van der Waals surface area contributed by atoms with E-state index in [-0.39, 0.29) is 22.9 Å². The fourth-order valence-corrected chi connectivity index (χ4v) is 3.33. The summed E-state index contributed by atoms with van der Waals surface area (Å²) >= 11 is 0. The maximum absolute atomic E-state index is 13.0. The molecule has 0 saturated heterocycles. The molecule has 3 rings (SSSR count). The lowest BCUT2D eigenvalue weighted by Gasteiger charge is -2.11. The first-order valence-corrected chi connectivity index (χ1v) is 10.7. The minimum absolute atomic E-state index is 0.0876. The lowest BCUT2D eigenvalue weighted by molar-refractivity contribution is 0.102. The van der Waals surface area contributed by atoms with E-state index in [1.807, 2.05) is 0 Å². The summed E-state index contributed by atoms with van der Waals surface area (Å²) < 4.78 is 42.2. The van der Waals surface area contributed by atoms with Crippen molar-refractivity contribution in [2.45, 2.75) is 18.4 Å². The van der Waals surface area contributed by atoms with Crippen LogP contribution in [0.25, 0.3) is 0 Å². The molecule has 0 bridgehead atoms. The van der Waals surface area contributed by atoms with Gasteiger partial charge < -0.3 is 10.1 Å². The van der Waals surface area contributed by atoms with Crippen molar-refractivity contribution in [3.05, 3.63) is 89.2 Å². The Balaban J connectivity index is 1.73. The molecular weight excluding hydrogens is 393 g/mol. The van der Waals surface area contributed by atoms with Gasteiger partial charge in [0.15, 0.2) is 9.84 Å². The average Bonchev–Trinajstić information content (AvgIpc) is 2.67. The van der Waals surface area contributed by atoms with Gasteiger partial charge >= 0.3 is 0 Å². The Morgan fingerprint density at radius 3 is 2.45 bits per heavy atom. The second kappa shape index (κ2) is 8.45. The molecule has 29 heavy (non-hydrogen) atoms. The molecule has 0 saturated carbocycles. The molecule has 0 aliphatic heterocycles. The molecule has 7 heteroatoms. The number of rotatable bonds is 6. The number of amides is 1. The molecule has 1 amide bonds. The molecule has 0 aliphatic carbocycles. The molecule has 0 fully saturated rings. The second-order valence-electron chi connectivity index (χ2n) is 6.65. The Kier molecular flexibility index (Phi) is 5.98. The fraction of sp³-hybridized carbons (Fsp3) is 0.136. The lowest BCUT2D eigenvalue weighted by atomic mass is 10.1.